The fourth-order valence-electron chi connectivity index (χ4n) is 4.18. The average Bonchev–Trinajstić information content (AvgIpc) is 3.32. The first-order valence-electron chi connectivity index (χ1n) is 12.0. The quantitative estimate of drug-likeness (QED) is 0.265. The molecule has 0 saturated heterocycles. The fourth-order valence-corrected chi connectivity index (χ4v) is 5.41. The minimum Gasteiger partial charge on any atom is -0.481 e. The lowest BCUT2D eigenvalue weighted by molar-refractivity contribution is 0.0950. The van der Waals surface area contributed by atoms with Gasteiger partial charge in [0.1, 0.15) is 28.7 Å². The lowest BCUT2D eigenvalue weighted by Gasteiger charge is -2.24. The molecule has 0 amide bonds. The van der Waals surface area contributed by atoms with Crippen LogP contribution in [-0.2, 0) is 14.8 Å². The van der Waals surface area contributed by atoms with Gasteiger partial charge in [-0.25, -0.2) is 32.2 Å². The van der Waals surface area contributed by atoms with E-state index in [0.717, 1.165) is 6.07 Å². The van der Waals surface area contributed by atoms with Gasteiger partial charge in [0.15, 0.2) is 11.6 Å². The second-order valence-corrected chi connectivity index (χ2v) is 11.2. The van der Waals surface area contributed by atoms with Gasteiger partial charge in [-0.1, -0.05) is 24.6 Å². The van der Waals surface area contributed by atoms with Crippen LogP contribution in [0.4, 0.5) is 14.7 Å². The van der Waals surface area contributed by atoms with Crippen LogP contribution in [0.1, 0.15) is 43.8 Å². The van der Waals surface area contributed by atoms with Crippen LogP contribution in [-0.4, -0.2) is 57.6 Å². The lowest BCUT2D eigenvalue weighted by Crippen LogP contribution is -2.34. The smallest absolute Gasteiger partial charge is 0.240 e. The minimum absolute atomic E-state index is 0.106. The summed E-state index contributed by atoms with van der Waals surface area (Å²) in [5.74, 6) is -1.25. The summed E-state index contributed by atoms with van der Waals surface area (Å²) in [7, 11) is -1.46. The van der Waals surface area contributed by atoms with Gasteiger partial charge < -0.3 is 9.47 Å². The van der Waals surface area contributed by atoms with Crippen molar-refractivity contribution in [2.24, 2.45) is 0 Å². The van der Waals surface area contributed by atoms with Crippen LogP contribution in [0.15, 0.2) is 48.8 Å². The van der Waals surface area contributed by atoms with E-state index in [1.54, 1.807) is 25.1 Å². The Labute approximate surface area is 234 Å². The Morgan fingerprint density at radius 3 is 2.35 bits per heavy atom. The average molecular weight is 594 g/mol. The lowest BCUT2D eigenvalue weighted by atomic mass is 10.0. The van der Waals surface area contributed by atoms with E-state index in [4.69, 9.17) is 21.1 Å². The molecular formula is C25H26ClF2N7O4S. The summed E-state index contributed by atoms with van der Waals surface area (Å²) in [5, 5.41) is 7.34. The number of pyridine rings is 1. The minimum atomic E-state index is -4.23. The van der Waals surface area contributed by atoms with E-state index in [-0.39, 0.29) is 34.1 Å². The van der Waals surface area contributed by atoms with E-state index in [1.165, 1.54) is 50.2 Å². The van der Waals surface area contributed by atoms with Crippen molar-refractivity contribution in [1.29, 1.82) is 0 Å². The summed E-state index contributed by atoms with van der Waals surface area (Å²) < 4.78 is 70.2. The standard InChI is InChI=1S/C25H26ClF2N7O4S/c1-5-20(15-9-17(27)11-18(28)10-15)35-24(19-7-6-8-21(31-19)38-3)32-33-25(35)34-40(36,37)14(2)22(39-4)23-29-12-16(26)13-30-23/h6-14,20,22H,5H2,1-4H3,(H,33,34)/t14-,20-,22-/m0/s1. The maximum absolute atomic E-state index is 14.2. The Morgan fingerprint density at radius 1 is 1.07 bits per heavy atom. The SMILES string of the molecule is CC[C@@H](c1cc(F)cc(F)c1)n1c(NS(=O)(=O)[C@@H](C)[C@H](OC)c2ncc(Cl)cn2)nnc1-c1cccc(OC)n1. The molecule has 0 aliphatic carbocycles. The molecule has 1 N–H and O–H groups in total. The summed E-state index contributed by atoms with van der Waals surface area (Å²) in [6.45, 7) is 3.19. The molecule has 0 radical (unpaired) electrons. The van der Waals surface area contributed by atoms with Crippen LogP contribution in [0.25, 0.3) is 11.5 Å². The summed E-state index contributed by atoms with van der Waals surface area (Å²) in [5.41, 5.74) is 0.534. The Kier molecular flexibility index (Phi) is 8.91. The molecule has 11 nitrogen and oxygen atoms in total. The van der Waals surface area contributed by atoms with Gasteiger partial charge in [-0.15, -0.1) is 10.2 Å². The molecule has 4 aromatic rings. The summed E-state index contributed by atoms with van der Waals surface area (Å²) in [6, 6.07) is 7.22. The third-order valence-electron chi connectivity index (χ3n) is 6.12. The predicted octanol–water partition coefficient (Wildman–Crippen LogP) is 4.59. The fraction of sp³-hybridized carbons (Fsp3) is 0.320. The van der Waals surface area contributed by atoms with Gasteiger partial charge in [0.05, 0.1) is 18.2 Å². The predicted molar refractivity (Wildman–Crippen MR) is 143 cm³/mol. The molecule has 0 spiro atoms. The first kappa shape index (κ1) is 29.2. The number of ether oxygens (including phenoxy) is 2. The number of hydrogen-bond donors (Lipinski definition) is 1. The Balaban J connectivity index is 1.81. The van der Waals surface area contributed by atoms with Gasteiger partial charge >= 0.3 is 0 Å². The maximum atomic E-state index is 14.2. The molecular weight excluding hydrogens is 568 g/mol. The van der Waals surface area contributed by atoms with Crippen LogP contribution in [0.5, 0.6) is 5.88 Å². The first-order valence-corrected chi connectivity index (χ1v) is 13.9. The molecule has 0 unspecified atom stereocenters. The van der Waals surface area contributed by atoms with Crippen molar-refractivity contribution in [3.8, 4) is 17.4 Å². The second kappa shape index (κ2) is 12.2. The summed E-state index contributed by atoms with van der Waals surface area (Å²) in [6.07, 6.45) is 1.89. The number of rotatable bonds is 11. The van der Waals surface area contributed by atoms with Gasteiger partial charge in [0.2, 0.25) is 21.9 Å². The van der Waals surface area contributed by atoms with Crippen LogP contribution in [0.2, 0.25) is 5.02 Å². The number of anilines is 1. The molecule has 0 aliphatic rings. The van der Waals surface area contributed by atoms with E-state index in [0.29, 0.717) is 12.1 Å². The highest BCUT2D eigenvalue weighted by Crippen LogP contribution is 2.33. The number of benzene rings is 1. The van der Waals surface area contributed by atoms with E-state index < -0.39 is 39.1 Å². The Bertz CT molecular complexity index is 1570. The zero-order valence-electron chi connectivity index (χ0n) is 21.9. The van der Waals surface area contributed by atoms with Crippen molar-refractivity contribution < 1.29 is 26.7 Å². The van der Waals surface area contributed by atoms with Gasteiger partial charge in [0, 0.05) is 31.6 Å². The molecule has 40 heavy (non-hydrogen) atoms. The van der Waals surface area contributed by atoms with Crippen molar-refractivity contribution in [2.75, 3.05) is 18.9 Å². The van der Waals surface area contributed by atoms with Gasteiger partial charge in [-0.05, 0) is 37.1 Å². The van der Waals surface area contributed by atoms with E-state index >= 15 is 0 Å². The first-order chi connectivity index (χ1) is 19.1. The van der Waals surface area contributed by atoms with Gasteiger partial charge in [0.25, 0.3) is 0 Å². The van der Waals surface area contributed by atoms with Gasteiger partial charge in [-0.3, -0.25) is 9.29 Å². The second-order valence-electron chi connectivity index (χ2n) is 8.68. The molecule has 0 aliphatic heterocycles. The van der Waals surface area contributed by atoms with Crippen LogP contribution in [0.3, 0.4) is 0 Å². The van der Waals surface area contributed by atoms with E-state index in [1.807, 2.05) is 0 Å². The summed E-state index contributed by atoms with van der Waals surface area (Å²) >= 11 is 5.86. The van der Waals surface area contributed by atoms with Gasteiger partial charge in [-0.2, -0.15) is 0 Å². The summed E-state index contributed by atoms with van der Waals surface area (Å²) in [4.78, 5) is 12.5. The molecule has 0 fully saturated rings. The number of aromatic nitrogens is 6. The normalized spacial score (nSPS) is 14.0. The largest absolute Gasteiger partial charge is 0.481 e. The highest BCUT2D eigenvalue weighted by atomic mass is 35.5. The van der Waals surface area contributed by atoms with Crippen LogP contribution >= 0.6 is 11.6 Å². The molecule has 212 valence electrons. The number of sulfonamides is 1. The molecule has 3 atom stereocenters. The molecule has 3 heterocycles. The number of methoxy groups -OCH3 is 2. The Hall–Kier alpha value is -3.75. The zero-order chi connectivity index (χ0) is 29.0. The number of hydrogen-bond acceptors (Lipinski definition) is 9. The number of halogens is 3. The van der Waals surface area contributed by atoms with E-state index in [2.05, 4.69) is 29.9 Å². The molecule has 4 rings (SSSR count). The molecule has 0 saturated carbocycles. The van der Waals surface area contributed by atoms with Crippen LogP contribution in [0, 0.1) is 11.6 Å². The topological polar surface area (TPSA) is 134 Å². The maximum Gasteiger partial charge on any atom is 0.240 e. The molecule has 0 bridgehead atoms. The van der Waals surface area contributed by atoms with Crippen molar-refractivity contribution >= 4 is 27.6 Å². The van der Waals surface area contributed by atoms with Crippen LogP contribution < -0.4 is 9.46 Å². The highest BCUT2D eigenvalue weighted by molar-refractivity contribution is 7.93. The molecule has 1 aromatic carbocycles. The van der Waals surface area contributed by atoms with Crippen molar-refractivity contribution in [2.45, 2.75) is 37.7 Å². The third-order valence-corrected chi connectivity index (χ3v) is 8.01. The Morgan fingerprint density at radius 2 is 1.75 bits per heavy atom. The monoisotopic (exact) mass is 593 g/mol. The zero-order valence-corrected chi connectivity index (χ0v) is 23.5. The van der Waals surface area contributed by atoms with Crippen molar-refractivity contribution in [3.63, 3.8) is 0 Å². The van der Waals surface area contributed by atoms with Crippen molar-refractivity contribution in [1.82, 2.24) is 29.7 Å². The van der Waals surface area contributed by atoms with E-state index in [9.17, 15) is 17.2 Å². The molecule has 3 aromatic heterocycles. The number of nitrogens with one attached hydrogen (secondary N) is 1. The highest BCUT2D eigenvalue weighted by Gasteiger charge is 2.35. The number of nitrogens with zero attached hydrogens (tertiary/aromatic N) is 6. The molecule has 15 heteroatoms. The van der Waals surface area contributed by atoms with Crippen molar-refractivity contribution in [3.05, 3.63) is 76.8 Å². The third kappa shape index (κ3) is 6.18.